The minimum atomic E-state index is -0.758. The number of thiophene rings is 1. The Balaban J connectivity index is 2.33. The van der Waals surface area contributed by atoms with Crippen molar-refractivity contribution in [1.29, 1.82) is 0 Å². The zero-order valence-electron chi connectivity index (χ0n) is 9.87. The lowest BCUT2D eigenvalue weighted by Gasteiger charge is -2.02. The van der Waals surface area contributed by atoms with Crippen molar-refractivity contribution in [1.82, 2.24) is 0 Å². The summed E-state index contributed by atoms with van der Waals surface area (Å²) in [7, 11) is 0. The molecule has 0 spiro atoms. The van der Waals surface area contributed by atoms with Gasteiger partial charge in [0.1, 0.15) is 5.75 Å². The molecule has 2 rings (SSSR count). The van der Waals surface area contributed by atoms with Crippen LogP contribution in [0.4, 0.5) is 5.69 Å². The highest BCUT2D eigenvalue weighted by atomic mass is 79.9. The molecule has 1 N–H and O–H groups in total. The summed E-state index contributed by atoms with van der Waals surface area (Å²) in [5.41, 5.74) is -0.135. The number of nitro groups is 1. The van der Waals surface area contributed by atoms with Gasteiger partial charge in [0.15, 0.2) is 0 Å². The number of hydrogen-bond donors (Lipinski definition) is 1. The molecule has 0 bridgehead atoms. The van der Waals surface area contributed by atoms with Crippen LogP contribution in [0.3, 0.4) is 0 Å². The number of benzene rings is 1. The van der Waals surface area contributed by atoms with E-state index in [0.717, 1.165) is 15.8 Å². The molecule has 0 fully saturated rings. The summed E-state index contributed by atoms with van der Waals surface area (Å²) in [6, 6.07) is 8.31. The van der Waals surface area contributed by atoms with Crippen molar-refractivity contribution < 1.29 is 14.8 Å². The van der Waals surface area contributed by atoms with Gasteiger partial charge < -0.3 is 9.84 Å². The smallest absolute Gasteiger partial charge is 0.323 e. The monoisotopic (exact) mass is 343 g/mol. The van der Waals surface area contributed by atoms with Gasteiger partial charge in [-0.1, -0.05) is 27.3 Å². The van der Waals surface area contributed by atoms with Gasteiger partial charge in [-0.25, -0.2) is 0 Å². The molecule has 0 aliphatic carbocycles. The summed E-state index contributed by atoms with van der Waals surface area (Å²) < 4.78 is 6.40. The summed E-state index contributed by atoms with van der Waals surface area (Å²) in [6.45, 7) is 1.55. The van der Waals surface area contributed by atoms with Crippen molar-refractivity contribution in [2.75, 3.05) is 0 Å². The Bertz CT molecular complexity index is 594. The molecule has 0 radical (unpaired) electrons. The number of ether oxygens (including phenoxy) is 1. The topological polar surface area (TPSA) is 72.6 Å². The summed E-state index contributed by atoms with van der Waals surface area (Å²) in [5.74, 6) is 0.505. The number of halogens is 1. The highest BCUT2D eigenvalue weighted by Gasteiger charge is 2.22. The first-order valence-corrected chi connectivity index (χ1v) is 6.98. The molecule has 1 aromatic heterocycles. The Morgan fingerprint density at radius 2 is 2.05 bits per heavy atom. The fourth-order valence-corrected chi connectivity index (χ4v) is 2.59. The minimum absolute atomic E-state index is 0.135. The van der Waals surface area contributed by atoms with Crippen LogP contribution < -0.4 is 4.74 Å². The van der Waals surface area contributed by atoms with E-state index in [1.807, 2.05) is 0 Å². The number of aliphatic hydroxyl groups excluding tert-OH is 1. The van der Waals surface area contributed by atoms with Crippen LogP contribution in [0.5, 0.6) is 10.8 Å². The van der Waals surface area contributed by atoms with Crippen molar-refractivity contribution in [2.24, 2.45) is 0 Å². The predicted octanol–water partition coefficient (Wildman–Crippen LogP) is 4.26. The summed E-state index contributed by atoms with van der Waals surface area (Å²) in [6.07, 6.45) is -0.758. The van der Waals surface area contributed by atoms with Gasteiger partial charge >= 0.3 is 5.69 Å². The highest BCUT2D eigenvalue weighted by molar-refractivity contribution is 9.10. The standard InChI is InChI=1S/C12H10BrNO4S/c1-7(15)11-6-10(14(16)17)12(19-11)18-9-4-2-8(13)3-5-9/h2-7,15H,1H3/t7-/m0/s1. The van der Waals surface area contributed by atoms with E-state index in [9.17, 15) is 15.2 Å². The molecule has 0 amide bonds. The maximum atomic E-state index is 10.9. The molecule has 1 aromatic carbocycles. The zero-order chi connectivity index (χ0) is 14.0. The molecule has 100 valence electrons. The first-order chi connectivity index (χ1) is 8.97. The van der Waals surface area contributed by atoms with E-state index in [-0.39, 0.29) is 10.8 Å². The van der Waals surface area contributed by atoms with Crippen molar-refractivity contribution >= 4 is 33.0 Å². The van der Waals surface area contributed by atoms with Gasteiger partial charge in [0.25, 0.3) is 5.06 Å². The second-order valence-corrected chi connectivity index (χ2v) is 5.77. The molecule has 5 nitrogen and oxygen atoms in total. The van der Waals surface area contributed by atoms with Crippen LogP contribution in [0.2, 0.25) is 0 Å². The quantitative estimate of drug-likeness (QED) is 0.664. The number of aliphatic hydroxyl groups is 1. The lowest BCUT2D eigenvalue weighted by Crippen LogP contribution is -1.89. The van der Waals surface area contributed by atoms with Gasteiger partial charge in [0.05, 0.1) is 11.0 Å². The van der Waals surface area contributed by atoms with E-state index in [4.69, 9.17) is 4.74 Å². The fourth-order valence-electron chi connectivity index (χ4n) is 1.40. The maximum Gasteiger partial charge on any atom is 0.323 e. The van der Waals surface area contributed by atoms with E-state index in [2.05, 4.69) is 15.9 Å². The summed E-state index contributed by atoms with van der Waals surface area (Å²) >= 11 is 4.37. The van der Waals surface area contributed by atoms with Gasteiger partial charge in [-0.15, -0.1) is 0 Å². The first kappa shape index (κ1) is 14.0. The van der Waals surface area contributed by atoms with Crippen LogP contribution in [-0.4, -0.2) is 10.0 Å². The van der Waals surface area contributed by atoms with Crippen molar-refractivity contribution in [3.8, 4) is 10.8 Å². The van der Waals surface area contributed by atoms with Crippen molar-refractivity contribution in [3.05, 3.63) is 49.8 Å². The van der Waals surface area contributed by atoms with E-state index in [1.165, 1.54) is 6.07 Å². The molecule has 2 aromatic rings. The average molecular weight is 344 g/mol. The summed E-state index contributed by atoms with van der Waals surface area (Å²) in [4.78, 5) is 10.9. The lowest BCUT2D eigenvalue weighted by molar-refractivity contribution is -0.385. The lowest BCUT2D eigenvalue weighted by atomic mass is 10.3. The predicted molar refractivity (Wildman–Crippen MR) is 75.8 cm³/mol. The van der Waals surface area contributed by atoms with E-state index in [1.54, 1.807) is 31.2 Å². The molecule has 1 heterocycles. The molecule has 0 saturated heterocycles. The first-order valence-electron chi connectivity index (χ1n) is 5.37. The zero-order valence-corrected chi connectivity index (χ0v) is 12.3. The highest BCUT2D eigenvalue weighted by Crippen LogP contribution is 2.41. The molecule has 0 saturated carbocycles. The van der Waals surface area contributed by atoms with Crippen molar-refractivity contribution in [3.63, 3.8) is 0 Å². The second kappa shape index (κ2) is 5.68. The molecule has 0 unspecified atom stereocenters. The van der Waals surface area contributed by atoms with Gasteiger partial charge in [-0.2, -0.15) is 0 Å². The van der Waals surface area contributed by atoms with Gasteiger partial charge in [0, 0.05) is 15.4 Å². The third-order valence-electron chi connectivity index (χ3n) is 2.33. The Morgan fingerprint density at radius 3 is 2.58 bits per heavy atom. The number of hydrogen-bond acceptors (Lipinski definition) is 5. The second-order valence-electron chi connectivity index (χ2n) is 3.81. The Labute approximate surface area is 121 Å². The van der Waals surface area contributed by atoms with Gasteiger partial charge in [0.2, 0.25) is 0 Å². The van der Waals surface area contributed by atoms with Crippen molar-refractivity contribution in [2.45, 2.75) is 13.0 Å². The third-order valence-corrected chi connectivity index (χ3v) is 4.03. The Morgan fingerprint density at radius 1 is 1.42 bits per heavy atom. The minimum Gasteiger partial charge on any atom is -0.440 e. The molecule has 7 heteroatoms. The van der Waals surface area contributed by atoms with E-state index < -0.39 is 11.0 Å². The van der Waals surface area contributed by atoms with Gasteiger partial charge in [-0.05, 0) is 31.2 Å². The van der Waals surface area contributed by atoms with Crippen LogP contribution >= 0.6 is 27.3 Å². The molecule has 0 aliphatic heterocycles. The SMILES string of the molecule is C[C@H](O)c1cc([N+](=O)[O-])c(Oc2ccc(Br)cc2)s1. The largest absolute Gasteiger partial charge is 0.440 e. The normalized spacial score (nSPS) is 12.2. The van der Waals surface area contributed by atoms with Crippen LogP contribution in [0.25, 0.3) is 0 Å². The van der Waals surface area contributed by atoms with Crippen LogP contribution in [-0.2, 0) is 0 Å². The molecular formula is C12H10BrNO4S. The maximum absolute atomic E-state index is 10.9. The Hall–Kier alpha value is -1.44. The molecule has 1 atom stereocenters. The average Bonchev–Trinajstić information content (AvgIpc) is 2.76. The molecular weight excluding hydrogens is 334 g/mol. The van der Waals surface area contributed by atoms with Crippen LogP contribution in [0.1, 0.15) is 17.9 Å². The Kier molecular flexibility index (Phi) is 4.18. The van der Waals surface area contributed by atoms with E-state index >= 15 is 0 Å². The number of rotatable bonds is 4. The number of nitrogens with zero attached hydrogens (tertiary/aromatic N) is 1. The van der Waals surface area contributed by atoms with E-state index in [0.29, 0.717) is 10.6 Å². The third kappa shape index (κ3) is 3.31. The molecule has 19 heavy (non-hydrogen) atoms. The van der Waals surface area contributed by atoms with Crippen LogP contribution in [0, 0.1) is 10.1 Å². The van der Waals surface area contributed by atoms with Crippen LogP contribution in [0.15, 0.2) is 34.8 Å². The fraction of sp³-hybridized carbons (Fsp3) is 0.167. The molecule has 0 aliphatic rings. The summed E-state index contributed by atoms with van der Waals surface area (Å²) in [5, 5.41) is 20.6. The van der Waals surface area contributed by atoms with Gasteiger partial charge in [-0.3, -0.25) is 10.1 Å².